The second-order valence-corrected chi connectivity index (χ2v) is 9.65. The van der Waals surface area contributed by atoms with E-state index in [0.29, 0.717) is 11.6 Å². The van der Waals surface area contributed by atoms with Crippen LogP contribution in [0, 0.1) is 39.0 Å². The highest BCUT2D eigenvalue weighted by atomic mass is 79.9. The number of carbonyl (C=O) groups excluding carboxylic acids is 1. The van der Waals surface area contributed by atoms with Gasteiger partial charge in [-0.15, -0.1) is 0 Å². The predicted octanol–water partition coefficient (Wildman–Crippen LogP) is 7.18. The summed E-state index contributed by atoms with van der Waals surface area (Å²) in [6.45, 7) is 8.12. The van der Waals surface area contributed by atoms with Crippen LogP contribution in [0.4, 0.5) is 0 Å². The predicted molar refractivity (Wildman–Crippen MR) is 132 cm³/mol. The molecule has 2 aromatic heterocycles. The highest BCUT2D eigenvalue weighted by Crippen LogP contribution is 2.34. The number of hydrogen-bond acceptors (Lipinski definition) is 2. The highest BCUT2D eigenvalue weighted by Gasteiger charge is 2.25. The molecule has 0 bridgehead atoms. The minimum Gasteiger partial charge on any atom is -0.345 e. The highest BCUT2D eigenvalue weighted by molar-refractivity contribution is 9.10. The van der Waals surface area contributed by atoms with Crippen molar-refractivity contribution in [3.05, 3.63) is 80.3 Å². The van der Waals surface area contributed by atoms with Gasteiger partial charge in [0.15, 0.2) is 0 Å². The number of nitriles is 1. The van der Waals surface area contributed by atoms with Gasteiger partial charge in [0, 0.05) is 44.5 Å². The lowest BCUT2D eigenvalue weighted by molar-refractivity contribution is 0.103. The Morgan fingerprint density at radius 3 is 2.31 bits per heavy atom. The second kappa shape index (κ2) is 8.96. The molecule has 32 heavy (non-hydrogen) atoms. The van der Waals surface area contributed by atoms with Crippen LogP contribution in [0.5, 0.6) is 0 Å². The third-order valence-corrected chi connectivity index (χ3v) is 7.17. The zero-order valence-electron chi connectivity index (χ0n) is 19.1. The number of aromatic nitrogens is 2. The first kappa shape index (κ1) is 22.4. The summed E-state index contributed by atoms with van der Waals surface area (Å²) >= 11 is 3.48. The molecule has 0 aliphatic heterocycles. The van der Waals surface area contributed by atoms with E-state index < -0.39 is 0 Å². The molecule has 1 aromatic carbocycles. The first-order valence-corrected chi connectivity index (χ1v) is 11.9. The molecule has 0 saturated heterocycles. The van der Waals surface area contributed by atoms with Gasteiger partial charge in [0.05, 0.1) is 0 Å². The number of carbonyl (C=O) groups is 1. The fraction of sp³-hybridized carbons (Fsp3) is 0.333. The molecule has 1 aliphatic carbocycles. The van der Waals surface area contributed by atoms with Gasteiger partial charge in [-0.05, 0) is 88.6 Å². The van der Waals surface area contributed by atoms with Crippen LogP contribution in [0.2, 0.25) is 0 Å². The Morgan fingerprint density at radius 1 is 1.03 bits per heavy atom. The first-order valence-electron chi connectivity index (χ1n) is 11.1. The minimum absolute atomic E-state index is 0.174. The second-order valence-electron chi connectivity index (χ2n) is 8.73. The molecule has 4 rings (SSSR count). The maximum atomic E-state index is 13.4. The summed E-state index contributed by atoms with van der Waals surface area (Å²) < 4.78 is 5.47. The van der Waals surface area contributed by atoms with Gasteiger partial charge >= 0.3 is 0 Å². The number of benzene rings is 1. The van der Waals surface area contributed by atoms with Gasteiger partial charge in [-0.3, -0.25) is 4.79 Å². The van der Waals surface area contributed by atoms with Gasteiger partial charge < -0.3 is 9.13 Å². The Bertz CT molecular complexity index is 1250. The molecule has 3 aromatic rings. The van der Waals surface area contributed by atoms with Crippen LogP contribution in [-0.4, -0.2) is 14.9 Å². The number of ketones is 1. The molecular formula is C27H28BrN3O. The lowest BCUT2D eigenvalue weighted by Gasteiger charge is -2.17. The molecule has 0 N–H and O–H groups in total. The summed E-state index contributed by atoms with van der Waals surface area (Å²) in [6, 6.07) is 14.7. The third-order valence-electron chi connectivity index (χ3n) is 6.64. The maximum absolute atomic E-state index is 13.4. The molecule has 0 unspecified atom stereocenters. The molecular weight excluding hydrogens is 462 g/mol. The average Bonchev–Trinajstić information content (AvgIpc) is 3.45. The number of aryl methyl sites for hydroxylation is 2. The van der Waals surface area contributed by atoms with Gasteiger partial charge in [0.25, 0.3) is 0 Å². The summed E-state index contributed by atoms with van der Waals surface area (Å²) in [6.07, 6.45) is 6.53. The Labute approximate surface area is 198 Å². The van der Waals surface area contributed by atoms with E-state index in [1.807, 2.05) is 57.2 Å². The van der Waals surface area contributed by atoms with Gasteiger partial charge in [0.1, 0.15) is 11.6 Å². The van der Waals surface area contributed by atoms with Gasteiger partial charge in [0.2, 0.25) is 5.78 Å². The fourth-order valence-electron chi connectivity index (χ4n) is 5.10. The monoisotopic (exact) mass is 489 g/mol. The minimum atomic E-state index is -0.196. The van der Waals surface area contributed by atoms with Crippen molar-refractivity contribution in [2.24, 2.45) is 0 Å². The molecule has 2 heterocycles. The fourth-order valence-corrected chi connectivity index (χ4v) is 5.37. The molecule has 1 fully saturated rings. The van der Waals surface area contributed by atoms with Crippen LogP contribution >= 0.6 is 15.9 Å². The normalized spacial score (nSPS) is 14.7. The Hall–Kier alpha value is -2.84. The van der Waals surface area contributed by atoms with Crippen molar-refractivity contribution in [2.45, 2.75) is 59.4 Å². The Balaban J connectivity index is 1.71. The first-order chi connectivity index (χ1) is 15.3. The summed E-state index contributed by atoms with van der Waals surface area (Å²) in [7, 11) is 0. The van der Waals surface area contributed by atoms with Crippen molar-refractivity contribution in [1.29, 1.82) is 5.26 Å². The lowest BCUT2D eigenvalue weighted by atomic mass is 10.0. The summed E-state index contributed by atoms with van der Waals surface area (Å²) in [5, 5.41) is 9.85. The molecule has 0 radical (unpaired) electrons. The van der Waals surface area contributed by atoms with Gasteiger partial charge in [-0.2, -0.15) is 5.26 Å². The molecule has 1 aliphatic rings. The molecule has 5 heteroatoms. The van der Waals surface area contributed by atoms with E-state index in [4.69, 9.17) is 0 Å². The SMILES string of the molecule is Cc1cc(C=C(C#N)C(=O)c2cc(C)n(C3CCCC3)c2C)c(C)n1-c1ccc(Br)cc1. The maximum Gasteiger partial charge on any atom is 0.205 e. The third kappa shape index (κ3) is 4.00. The number of halogens is 1. The van der Waals surface area contributed by atoms with Crippen molar-refractivity contribution in [3.8, 4) is 11.8 Å². The Morgan fingerprint density at radius 2 is 1.69 bits per heavy atom. The van der Waals surface area contributed by atoms with Crippen molar-refractivity contribution >= 4 is 27.8 Å². The molecule has 0 spiro atoms. The van der Waals surface area contributed by atoms with Crippen LogP contribution < -0.4 is 0 Å². The number of allylic oxidation sites excluding steroid dienone is 1. The van der Waals surface area contributed by atoms with E-state index in [-0.39, 0.29) is 11.4 Å². The smallest absolute Gasteiger partial charge is 0.205 e. The number of hydrogen-bond donors (Lipinski definition) is 0. The van der Waals surface area contributed by atoms with Gasteiger partial charge in [-0.25, -0.2) is 0 Å². The molecule has 1 saturated carbocycles. The van der Waals surface area contributed by atoms with Crippen molar-refractivity contribution in [2.75, 3.05) is 0 Å². The quantitative estimate of drug-likeness (QED) is 0.216. The zero-order valence-corrected chi connectivity index (χ0v) is 20.7. The average molecular weight is 490 g/mol. The number of nitrogens with zero attached hydrogens (tertiary/aromatic N) is 3. The van der Waals surface area contributed by atoms with Crippen LogP contribution in [0.25, 0.3) is 11.8 Å². The van der Waals surface area contributed by atoms with E-state index in [2.05, 4.69) is 38.1 Å². The summed E-state index contributed by atoms with van der Waals surface area (Å²) in [5.41, 5.74) is 6.88. The van der Waals surface area contributed by atoms with E-state index >= 15 is 0 Å². The van der Waals surface area contributed by atoms with Crippen LogP contribution in [0.3, 0.4) is 0 Å². The summed E-state index contributed by atoms with van der Waals surface area (Å²) in [4.78, 5) is 13.4. The van der Waals surface area contributed by atoms with Crippen LogP contribution in [0.15, 0.2) is 46.4 Å². The molecule has 0 atom stereocenters. The van der Waals surface area contributed by atoms with E-state index in [0.717, 1.165) is 51.3 Å². The number of rotatable bonds is 5. The van der Waals surface area contributed by atoms with E-state index in [9.17, 15) is 10.1 Å². The molecule has 164 valence electrons. The van der Waals surface area contributed by atoms with Gasteiger partial charge in [-0.1, -0.05) is 28.8 Å². The lowest BCUT2D eigenvalue weighted by Crippen LogP contribution is -2.10. The zero-order chi connectivity index (χ0) is 23.0. The topological polar surface area (TPSA) is 50.7 Å². The number of Topliss-reactive ketones (excluding diaryl/α,β-unsaturated/α-hetero) is 1. The van der Waals surface area contributed by atoms with Crippen LogP contribution in [0.1, 0.15) is 70.4 Å². The largest absolute Gasteiger partial charge is 0.345 e. The van der Waals surface area contributed by atoms with Crippen molar-refractivity contribution in [3.63, 3.8) is 0 Å². The molecule has 0 amide bonds. The molecule has 4 nitrogen and oxygen atoms in total. The van der Waals surface area contributed by atoms with E-state index in [1.165, 1.54) is 12.8 Å². The van der Waals surface area contributed by atoms with Crippen molar-refractivity contribution < 1.29 is 4.79 Å². The Kier molecular flexibility index (Phi) is 6.26. The van der Waals surface area contributed by atoms with Crippen molar-refractivity contribution in [1.82, 2.24) is 9.13 Å². The standard InChI is InChI=1S/C27H28BrN3O/c1-17-13-21(19(3)30(17)25-11-9-23(28)10-12-25)15-22(16-29)27(32)26-14-18(2)31(20(26)4)24-7-5-6-8-24/h9-15,24H,5-8H2,1-4H3. The summed E-state index contributed by atoms with van der Waals surface area (Å²) in [5.74, 6) is -0.196. The van der Waals surface area contributed by atoms with Crippen LogP contribution in [-0.2, 0) is 0 Å². The van der Waals surface area contributed by atoms with E-state index in [1.54, 1.807) is 6.08 Å².